The van der Waals surface area contributed by atoms with E-state index in [0.29, 0.717) is 29.4 Å². The smallest absolute Gasteiger partial charge is 0.255 e. The summed E-state index contributed by atoms with van der Waals surface area (Å²) in [5, 5.41) is 0.597. The summed E-state index contributed by atoms with van der Waals surface area (Å²) in [4.78, 5) is 27.7. The molecule has 120 valence electrons. The summed E-state index contributed by atoms with van der Waals surface area (Å²) in [5.74, 6) is 0.608. The number of nitrogens with one attached hydrogen (secondary N) is 1. The number of benzene rings is 1. The molecular formula is C17H17ClN2O3. The number of likely N-dealkylation sites (tertiary alicyclic amines) is 1. The number of aromatic amines is 1. The van der Waals surface area contributed by atoms with E-state index >= 15 is 0 Å². The number of rotatable bonds is 3. The number of aromatic nitrogens is 1. The highest BCUT2D eigenvalue weighted by molar-refractivity contribution is 6.32. The maximum absolute atomic E-state index is 12.4. The molecule has 2 heterocycles. The molecule has 1 amide bonds. The van der Waals surface area contributed by atoms with Crippen molar-refractivity contribution in [1.29, 1.82) is 0 Å². The first-order chi connectivity index (χ1) is 11.1. The van der Waals surface area contributed by atoms with E-state index in [-0.39, 0.29) is 17.6 Å². The van der Waals surface area contributed by atoms with Crippen molar-refractivity contribution in [3.63, 3.8) is 0 Å². The van der Waals surface area contributed by atoms with E-state index in [1.807, 2.05) is 18.2 Å². The molecule has 3 rings (SSSR count). The zero-order valence-electron chi connectivity index (χ0n) is 12.5. The Balaban J connectivity index is 1.58. The molecule has 2 aromatic rings. The number of piperidine rings is 1. The monoisotopic (exact) mass is 332 g/mol. The van der Waals surface area contributed by atoms with Gasteiger partial charge in [-0.2, -0.15) is 0 Å². The first-order valence-corrected chi connectivity index (χ1v) is 7.90. The van der Waals surface area contributed by atoms with E-state index in [4.69, 9.17) is 16.3 Å². The van der Waals surface area contributed by atoms with Crippen molar-refractivity contribution >= 4 is 17.5 Å². The minimum atomic E-state index is -0.214. The number of pyridine rings is 1. The Kier molecular flexibility index (Phi) is 4.67. The third kappa shape index (κ3) is 3.74. The normalized spacial score (nSPS) is 15.4. The number of nitrogens with zero attached hydrogens (tertiary/aromatic N) is 1. The molecule has 1 aliphatic rings. The lowest BCUT2D eigenvalue weighted by Crippen LogP contribution is -2.41. The fourth-order valence-electron chi connectivity index (χ4n) is 2.62. The molecule has 0 radical (unpaired) electrons. The van der Waals surface area contributed by atoms with Crippen LogP contribution in [0, 0.1) is 0 Å². The Bertz CT molecular complexity index is 731. The van der Waals surface area contributed by atoms with Gasteiger partial charge in [0.15, 0.2) is 0 Å². The van der Waals surface area contributed by atoms with Crippen LogP contribution in [0.3, 0.4) is 0 Å². The molecule has 0 spiro atoms. The van der Waals surface area contributed by atoms with Gasteiger partial charge >= 0.3 is 0 Å². The van der Waals surface area contributed by atoms with Gasteiger partial charge in [-0.15, -0.1) is 0 Å². The van der Waals surface area contributed by atoms with E-state index in [1.54, 1.807) is 17.0 Å². The number of hydrogen-bond donors (Lipinski definition) is 1. The fourth-order valence-corrected chi connectivity index (χ4v) is 2.80. The summed E-state index contributed by atoms with van der Waals surface area (Å²) in [5.41, 5.74) is 0.281. The fraction of sp³-hybridized carbons (Fsp3) is 0.294. The molecule has 0 unspecified atom stereocenters. The molecule has 0 saturated carbocycles. The molecule has 0 aliphatic carbocycles. The molecule has 0 bridgehead atoms. The highest BCUT2D eigenvalue weighted by atomic mass is 35.5. The quantitative estimate of drug-likeness (QED) is 0.940. The zero-order valence-corrected chi connectivity index (χ0v) is 13.3. The molecule has 6 heteroatoms. The van der Waals surface area contributed by atoms with E-state index in [9.17, 15) is 9.59 Å². The van der Waals surface area contributed by atoms with Crippen LogP contribution in [0.4, 0.5) is 0 Å². The van der Waals surface area contributed by atoms with Crippen LogP contribution in [0.25, 0.3) is 0 Å². The highest BCUT2D eigenvalue weighted by Gasteiger charge is 2.25. The summed E-state index contributed by atoms with van der Waals surface area (Å²) < 4.78 is 5.92. The van der Waals surface area contributed by atoms with Crippen LogP contribution in [-0.2, 0) is 0 Å². The summed E-state index contributed by atoms with van der Waals surface area (Å²) in [6, 6.07) is 10.3. The van der Waals surface area contributed by atoms with Crippen molar-refractivity contribution in [2.75, 3.05) is 13.1 Å². The molecule has 23 heavy (non-hydrogen) atoms. The van der Waals surface area contributed by atoms with Crippen LogP contribution in [0.15, 0.2) is 47.4 Å². The maximum atomic E-state index is 12.4. The van der Waals surface area contributed by atoms with E-state index < -0.39 is 0 Å². The van der Waals surface area contributed by atoms with Crippen LogP contribution >= 0.6 is 11.6 Å². The minimum Gasteiger partial charge on any atom is -0.489 e. The molecule has 1 saturated heterocycles. The van der Waals surface area contributed by atoms with Gasteiger partial charge < -0.3 is 14.6 Å². The van der Waals surface area contributed by atoms with Crippen LogP contribution in [-0.4, -0.2) is 35.0 Å². The maximum Gasteiger partial charge on any atom is 0.255 e. The number of amides is 1. The topological polar surface area (TPSA) is 62.4 Å². The first kappa shape index (κ1) is 15.6. The summed E-state index contributed by atoms with van der Waals surface area (Å²) in [7, 11) is 0. The molecule has 5 nitrogen and oxygen atoms in total. The number of para-hydroxylation sites is 1. The number of ether oxygens (including phenoxy) is 1. The van der Waals surface area contributed by atoms with E-state index in [0.717, 1.165) is 12.8 Å². The average Bonchev–Trinajstić information content (AvgIpc) is 2.58. The average molecular weight is 333 g/mol. The van der Waals surface area contributed by atoms with Gasteiger partial charge in [-0.25, -0.2) is 0 Å². The molecule has 1 aromatic carbocycles. The van der Waals surface area contributed by atoms with Crippen molar-refractivity contribution in [1.82, 2.24) is 9.88 Å². The number of hydrogen-bond acceptors (Lipinski definition) is 3. The van der Waals surface area contributed by atoms with E-state index in [2.05, 4.69) is 4.98 Å². The second-order valence-corrected chi connectivity index (χ2v) is 5.89. The molecular weight excluding hydrogens is 316 g/mol. The predicted molar refractivity (Wildman–Crippen MR) is 88.1 cm³/mol. The van der Waals surface area contributed by atoms with Crippen molar-refractivity contribution in [2.24, 2.45) is 0 Å². The largest absolute Gasteiger partial charge is 0.489 e. The number of halogens is 1. The van der Waals surface area contributed by atoms with Crippen LogP contribution in [0.5, 0.6) is 5.75 Å². The number of H-pyrrole nitrogens is 1. The molecule has 0 atom stereocenters. The molecule has 1 N–H and O–H groups in total. The van der Waals surface area contributed by atoms with Gasteiger partial charge in [-0.3, -0.25) is 9.59 Å². The van der Waals surface area contributed by atoms with Gasteiger partial charge in [-0.05, 0) is 18.2 Å². The van der Waals surface area contributed by atoms with Crippen LogP contribution in [0.2, 0.25) is 5.02 Å². The Morgan fingerprint density at radius 3 is 2.57 bits per heavy atom. The van der Waals surface area contributed by atoms with Crippen molar-refractivity contribution < 1.29 is 9.53 Å². The van der Waals surface area contributed by atoms with Gasteiger partial charge in [0.2, 0.25) is 5.56 Å². The van der Waals surface area contributed by atoms with Gasteiger partial charge in [0.1, 0.15) is 11.9 Å². The molecule has 1 aromatic heterocycles. The van der Waals surface area contributed by atoms with Crippen molar-refractivity contribution in [3.8, 4) is 5.75 Å². The Morgan fingerprint density at radius 1 is 1.17 bits per heavy atom. The lowest BCUT2D eigenvalue weighted by molar-refractivity contribution is 0.0595. The first-order valence-electron chi connectivity index (χ1n) is 7.52. The highest BCUT2D eigenvalue weighted by Crippen LogP contribution is 2.27. The second kappa shape index (κ2) is 6.87. The van der Waals surface area contributed by atoms with Gasteiger partial charge in [0, 0.05) is 38.2 Å². The predicted octanol–water partition coefficient (Wildman–Crippen LogP) is 2.71. The summed E-state index contributed by atoms with van der Waals surface area (Å²) >= 11 is 6.10. The van der Waals surface area contributed by atoms with Gasteiger partial charge in [-0.1, -0.05) is 23.7 Å². The lowest BCUT2D eigenvalue weighted by atomic mass is 10.1. The van der Waals surface area contributed by atoms with Crippen LogP contribution < -0.4 is 10.3 Å². The van der Waals surface area contributed by atoms with Gasteiger partial charge in [0.25, 0.3) is 5.91 Å². The van der Waals surface area contributed by atoms with Gasteiger partial charge in [0.05, 0.1) is 10.6 Å². The number of carbonyl (C=O) groups is 1. The SMILES string of the molecule is O=C(c1ccc(=O)[nH]c1)N1CCC(Oc2ccccc2Cl)CC1. The third-order valence-corrected chi connectivity index (χ3v) is 4.20. The zero-order chi connectivity index (χ0) is 16.2. The summed E-state index contributed by atoms with van der Waals surface area (Å²) in [6.07, 6.45) is 3.01. The van der Waals surface area contributed by atoms with Crippen molar-refractivity contribution in [3.05, 3.63) is 63.5 Å². The second-order valence-electron chi connectivity index (χ2n) is 5.48. The number of carbonyl (C=O) groups excluding carboxylic acids is 1. The Morgan fingerprint density at radius 2 is 1.91 bits per heavy atom. The standard InChI is InChI=1S/C17H17ClN2O3/c18-14-3-1-2-4-15(14)23-13-7-9-20(10-8-13)17(22)12-5-6-16(21)19-11-12/h1-6,11,13H,7-10H2,(H,19,21). The minimum absolute atomic E-state index is 0.0505. The Labute approximate surface area is 138 Å². The van der Waals surface area contributed by atoms with E-state index in [1.165, 1.54) is 12.3 Å². The Hall–Kier alpha value is -2.27. The van der Waals surface area contributed by atoms with Crippen LogP contribution in [0.1, 0.15) is 23.2 Å². The lowest BCUT2D eigenvalue weighted by Gasteiger charge is -2.32. The van der Waals surface area contributed by atoms with Crippen molar-refractivity contribution in [2.45, 2.75) is 18.9 Å². The molecule has 1 fully saturated rings. The summed E-state index contributed by atoms with van der Waals surface area (Å²) in [6.45, 7) is 1.24. The third-order valence-electron chi connectivity index (χ3n) is 3.89. The molecule has 1 aliphatic heterocycles.